The first-order valence-electron chi connectivity index (χ1n) is 7.25. The van der Waals surface area contributed by atoms with Gasteiger partial charge in [0.1, 0.15) is 0 Å². The zero-order valence-electron chi connectivity index (χ0n) is 14.0. The molecule has 0 bridgehead atoms. The van der Waals surface area contributed by atoms with Gasteiger partial charge in [-0.25, -0.2) is 4.79 Å². The second-order valence-corrected chi connectivity index (χ2v) is 5.69. The molecule has 0 aromatic carbocycles. The minimum absolute atomic E-state index is 0.236. The number of hydrogen-bond acceptors (Lipinski definition) is 4. The fourth-order valence-electron chi connectivity index (χ4n) is 2.11. The molecule has 0 atom stereocenters. The number of H-pyrrole nitrogens is 1. The van der Waals surface area contributed by atoms with E-state index in [0.29, 0.717) is 23.0 Å². The number of carbonyl (C=O) groups is 1. The summed E-state index contributed by atoms with van der Waals surface area (Å²) in [6.45, 7) is 11.7. The third-order valence-corrected chi connectivity index (χ3v) is 3.23. The van der Waals surface area contributed by atoms with Gasteiger partial charge in [-0.3, -0.25) is 5.43 Å². The molecule has 0 saturated heterocycles. The van der Waals surface area contributed by atoms with Crippen LogP contribution in [0.1, 0.15) is 55.0 Å². The average molecular weight is 324 g/mol. The molecular weight excluding hydrogens is 300 g/mol. The molecule has 6 nitrogen and oxygen atoms in total. The van der Waals surface area contributed by atoms with Crippen LogP contribution >= 0.6 is 12.2 Å². The van der Waals surface area contributed by atoms with E-state index in [9.17, 15) is 4.79 Å². The Morgan fingerprint density at radius 2 is 2.05 bits per heavy atom. The summed E-state index contributed by atoms with van der Waals surface area (Å²) >= 11 is 5.12. The van der Waals surface area contributed by atoms with E-state index in [1.807, 2.05) is 34.6 Å². The van der Waals surface area contributed by atoms with Gasteiger partial charge >= 0.3 is 5.97 Å². The van der Waals surface area contributed by atoms with Crippen LogP contribution in [0.4, 0.5) is 0 Å². The van der Waals surface area contributed by atoms with Gasteiger partial charge in [0.05, 0.1) is 23.6 Å². The maximum atomic E-state index is 12.0. The Morgan fingerprint density at radius 3 is 2.59 bits per heavy atom. The van der Waals surface area contributed by atoms with E-state index in [4.69, 9.17) is 17.0 Å². The lowest BCUT2D eigenvalue weighted by Crippen LogP contribution is -2.37. The van der Waals surface area contributed by atoms with E-state index in [0.717, 1.165) is 17.0 Å². The Hall–Kier alpha value is -1.89. The molecule has 0 amide bonds. The molecule has 0 aliphatic carbocycles. The van der Waals surface area contributed by atoms with Crippen LogP contribution in [-0.2, 0) is 4.74 Å². The summed E-state index contributed by atoms with van der Waals surface area (Å²) in [6.07, 6.45) is 0. The molecular formula is C15H24N4O2S. The molecule has 122 valence electrons. The third-order valence-electron chi connectivity index (χ3n) is 3.02. The van der Waals surface area contributed by atoms with Crippen molar-refractivity contribution in [1.82, 2.24) is 15.7 Å². The van der Waals surface area contributed by atoms with E-state index in [2.05, 4.69) is 20.8 Å². The zero-order valence-corrected chi connectivity index (χ0v) is 14.8. The van der Waals surface area contributed by atoms with E-state index in [1.54, 1.807) is 6.92 Å². The normalized spacial score (nSPS) is 11.5. The summed E-state index contributed by atoms with van der Waals surface area (Å²) in [4.78, 5) is 15.2. The van der Waals surface area contributed by atoms with Crippen molar-refractivity contribution < 1.29 is 9.53 Å². The molecule has 22 heavy (non-hydrogen) atoms. The Kier molecular flexibility index (Phi) is 6.55. The van der Waals surface area contributed by atoms with Crippen LogP contribution in [0, 0.1) is 13.8 Å². The quantitative estimate of drug-likeness (QED) is 0.335. The van der Waals surface area contributed by atoms with E-state index in [1.165, 1.54) is 0 Å². The number of hydrogen-bond donors (Lipinski definition) is 3. The molecule has 0 aliphatic rings. The van der Waals surface area contributed by atoms with Gasteiger partial charge in [-0.15, -0.1) is 0 Å². The number of aryl methyl sites for hydroxylation is 1. The van der Waals surface area contributed by atoms with Gasteiger partial charge in [0.25, 0.3) is 0 Å². The molecule has 1 aromatic heterocycles. The van der Waals surface area contributed by atoms with Crippen molar-refractivity contribution in [3.8, 4) is 0 Å². The fraction of sp³-hybridized carbons (Fsp3) is 0.533. The van der Waals surface area contributed by atoms with Crippen molar-refractivity contribution in [3.63, 3.8) is 0 Å². The van der Waals surface area contributed by atoms with Gasteiger partial charge in [0, 0.05) is 11.7 Å². The molecule has 0 fully saturated rings. The summed E-state index contributed by atoms with van der Waals surface area (Å²) in [6, 6.07) is 0.236. The first-order valence-corrected chi connectivity index (χ1v) is 7.66. The molecule has 0 aliphatic heterocycles. The lowest BCUT2D eigenvalue weighted by Gasteiger charge is -2.10. The second kappa shape index (κ2) is 7.93. The Balaban J connectivity index is 2.95. The maximum absolute atomic E-state index is 12.0. The summed E-state index contributed by atoms with van der Waals surface area (Å²) in [5, 5.41) is 7.75. The fourth-order valence-corrected chi connectivity index (χ4v) is 2.39. The van der Waals surface area contributed by atoms with Crippen LogP contribution < -0.4 is 10.7 Å². The number of thiocarbonyl (C=S) groups is 1. The third kappa shape index (κ3) is 4.56. The number of nitrogens with zero attached hydrogens (tertiary/aromatic N) is 1. The lowest BCUT2D eigenvalue weighted by atomic mass is 10.1. The van der Waals surface area contributed by atoms with Gasteiger partial charge in [-0.05, 0) is 59.3 Å². The van der Waals surface area contributed by atoms with Crippen molar-refractivity contribution in [2.45, 2.75) is 47.6 Å². The van der Waals surface area contributed by atoms with Gasteiger partial charge < -0.3 is 15.0 Å². The van der Waals surface area contributed by atoms with Gasteiger partial charge in [0.15, 0.2) is 5.11 Å². The number of nitrogens with one attached hydrogen (secondary N) is 3. The lowest BCUT2D eigenvalue weighted by molar-refractivity contribution is 0.0525. The predicted octanol–water partition coefficient (Wildman–Crippen LogP) is 2.40. The topological polar surface area (TPSA) is 78.5 Å². The standard InChI is InChI=1S/C15H24N4O2S/c1-7-21-14(20)12-9(4)13(17-10(12)5)11(6)18-19-15(22)16-8(2)3/h8,17H,7H2,1-6H3,(H2,16,19,22)/b18-11+. The minimum atomic E-state index is -0.322. The molecule has 1 rings (SSSR count). The predicted molar refractivity (Wildman–Crippen MR) is 92.4 cm³/mol. The molecule has 1 aromatic rings. The summed E-state index contributed by atoms with van der Waals surface area (Å²) < 4.78 is 5.08. The van der Waals surface area contributed by atoms with Crippen molar-refractivity contribution in [1.29, 1.82) is 0 Å². The van der Waals surface area contributed by atoms with Crippen LogP contribution in [0.5, 0.6) is 0 Å². The Morgan fingerprint density at radius 1 is 1.41 bits per heavy atom. The highest BCUT2D eigenvalue weighted by molar-refractivity contribution is 7.80. The highest BCUT2D eigenvalue weighted by atomic mass is 32.1. The van der Waals surface area contributed by atoms with Crippen molar-refractivity contribution in [2.75, 3.05) is 6.61 Å². The maximum Gasteiger partial charge on any atom is 0.340 e. The van der Waals surface area contributed by atoms with Crippen LogP contribution in [-0.4, -0.2) is 34.4 Å². The summed E-state index contributed by atoms with van der Waals surface area (Å²) in [5.41, 5.74) is 6.45. The smallest absolute Gasteiger partial charge is 0.340 e. The van der Waals surface area contributed by atoms with Crippen LogP contribution in [0.25, 0.3) is 0 Å². The van der Waals surface area contributed by atoms with Gasteiger partial charge in [0.2, 0.25) is 0 Å². The molecule has 0 saturated carbocycles. The van der Waals surface area contributed by atoms with Crippen LogP contribution in [0.2, 0.25) is 0 Å². The van der Waals surface area contributed by atoms with Crippen LogP contribution in [0.3, 0.4) is 0 Å². The highest BCUT2D eigenvalue weighted by Gasteiger charge is 2.20. The zero-order chi connectivity index (χ0) is 16.9. The number of carbonyl (C=O) groups excluding carboxylic acids is 1. The highest BCUT2D eigenvalue weighted by Crippen LogP contribution is 2.19. The number of hydrazone groups is 1. The number of esters is 1. The van der Waals surface area contributed by atoms with Crippen LogP contribution in [0.15, 0.2) is 5.10 Å². The SMILES string of the molecule is CCOC(=O)c1c(C)[nH]c(/C(C)=N/NC(=S)NC(C)C)c1C. The Bertz CT molecular complexity index is 591. The van der Waals surface area contributed by atoms with E-state index < -0.39 is 0 Å². The van der Waals surface area contributed by atoms with Crippen molar-refractivity contribution >= 4 is 29.0 Å². The monoisotopic (exact) mass is 324 g/mol. The van der Waals surface area contributed by atoms with Gasteiger partial charge in [-0.2, -0.15) is 5.10 Å². The van der Waals surface area contributed by atoms with Gasteiger partial charge in [-0.1, -0.05) is 0 Å². The largest absolute Gasteiger partial charge is 0.462 e. The molecule has 7 heteroatoms. The van der Waals surface area contributed by atoms with Crippen molar-refractivity contribution in [3.05, 3.63) is 22.5 Å². The summed E-state index contributed by atoms with van der Waals surface area (Å²) in [7, 11) is 0. The molecule has 0 unspecified atom stereocenters. The molecule has 3 N–H and O–H groups in total. The van der Waals surface area contributed by atoms with Crippen molar-refractivity contribution in [2.24, 2.45) is 5.10 Å². The number of aromatic nitrogens is 1. The Labute approximate surface area is 136 Å². The second-order valence-electron chi connectivity index (χ2n) is 5.28. The minimum Gasteiger partial charge on any atom is -0.462 e. The molecule has 0 radical (unpaired) electrons. The average Bonchev–Trinajstić information content (AvgIpc) is 2.71. The molecule has 1 heterocycles. The van der Waals surface area contributed by atoms with E-state index in [-0.39, 0.29) is 12.0 Å². The number of aromatic amines is 1. The number of ether oxygens (including phenoxy) is 1. The first-order chi connectivity index (χ1) is 10.3. The molecule has 0 spiro atoms. The number of rotatable bonds is 5. The van der Waals surface area contributed by atoms with E-state index >= 15 is 0 Å². The first kappa shape index (κ1) is 18.2. The summed E-state index contributed by atoms with van der Waals surface area (Å²) in [5.74, 6) is -0.322.